The Kier molecular flexibility index (Phi) is 9.49. The van der Waals surface area contributed by atoms with E-state index in [0.29, 0.717) is 5.41 Å². The van der Waals surface area contributed by atoms with Crippen molar-refractivity contribution < 1.29 is 24.5 Å². The third-order valence-corrected chi connectivity index (χ3v) is 7.26. The first-order valence-electron chi connectivity index (χ1n) is 14.5. The van der Waals surface area contributed by atoms with Crippen LogP contribution >= 0.6 is 0 Å². The SMILES string of the molecule is CC(C)(C)Cc1ccc(-c2ccnc(-c3[c-]cccc3)c2)cc1.Cc1ccn[c-]c1-c1cc2oc3ccccc3c2cn1.[Ir]. The molecule has 4 aromatic heterocycles. The van der Waals surface area contributed by atoms with E-state index in [2.05, 4.69) is 84.4 Å². The summed E-state index contributed by atoms with van der Waals surface area (Å²) in [4.78, 5) is 13.0. The van der Waals surface area contributed by atoms with Gasteiger partial charge in [-0.1, -0.05) is 82.4 Å². The van der Waals surface area contributed by atoms with Crippen molar-refractivity contribution in [3.05, 3.63) is 139 Å². The Balaban J connectivity index is 0.000000172. The molecule has 0 aliphatic heterocycles. The van der Waals surface area contributed by atoms with Crippen molar-refractivity contribution in [1.82, 2.24) is 15.0 Å². The fourth-order valence-corrected chi connectivity index (χ4v) is 5.18. The Labute approximate surface area is 272 Å². The molecule has 0 atom stereocenters. The number of para-hydroxylation sites is 1. The molecule has 0 spiro atoms. The van der Waals surface area contributed by atoms with Gasteiger partial charge >= 0.3 is 0 Å². The van der Waals surface area contributed by atoms with Crippen molar-refractivity contribution in [3.8, 4) is 33.6 Å². The fraction of sp³-hybridized carbons (Fsp3) is 0.154. The van der Waals surface area contributed by atoms with Gasteiger partial charge in [0.1, 0.15) is 11.2 Å². The number of rotatable bonds is 4. The molecule has 1 radical (unpaired) electrons. The number of aromatic nitrogens is 3. The number of aryl methyl sites for hydroxylation is 1. The summed E-state index contributed by atoms with van der Waals surface area (Å²) in [6, 6.07) is 36.1. The minimum absolute atomic E-state index is 0. The molecule has 4 heterocycles. The van der Waals surface area contributed by atoms with E-state index in [1.165, 1.54) is 16.7 Å². The Bertz CT molecular complexity index is 1990. The smallest absolute Gasteiger partial charge is 0.135 e. The van der Waals surface area contributed by atoms with Gasteiger partial charge in [0, 0.05) is 43.3 Å². The maximum atomic E-state index is 5.88. The standard InChI is InChI=1S/C22H22N.C17H11N2O.Ir/c1-22(2,3)16-17-9-11-18(12-10-17)20-13-14-23-21(15-20)19-7-5-4-6-8-19;1-11-6-7-18-9-13(11)15-8-17-14(10-19-15)12-4-2-3-5-16(12)20-17;/h4-7,9-15H,16H2,1-3H3;2-8,10H,1H3;/q2*-1;. The molecular formula is C39H33IrN3O-2. The van der Waals surface area contributed by atoms with E-state index in [-0.39, 0.29) is 20.1 Å². The summed E-state index contributed by atoms with van der Waals surface area (Å²) >= 11 is 0. The van der Waals surface area contributed by atoms with E-state index in [1.807, 2.05) is 80.0 Å². The molecule has 44 heavy (non-hydrogen) atoms. The summed E-state index contributed by atoms with van der Waals surface area (Å²) in [6.07, 6.45) is 9.55. The summed E-state index contributed by atoms with van der Waals surface area (Å²) in [6.45, 7) is 8.84. The average Bonchev–Trinajstić information content (AvgIpc) is 3.40. The quantitative estimate of drug-likeness (QED) is 0.168. The normalized spacial score (nSPS) is 11.1. The summed E-state index contributed by atoms with van der Waals surface area (Å²) in [5.41, 5.74) is 10.7. The van der Waals surface area contributed by atoms with Crippen LogP contribution in [-0.4, -0.2) is 15.0 Å². The van der Waals surface area contributed by atoms with Crippen LogP contribution in [-0.2, 0) is 26.5 Å². The van der Waals surface area contributed by atoms with E-state index in [4.69, 9.17) is 4.42 Å². The Morgan fingerprint density at radius 1 is 0.727 bits per heavy atom. The van der Waals surface area contributed by atoms with Crippen molar-refractivity contribution in [1.29, 1.82) is 0 Å². The van der Waals surface area contributed by atoms with Crippen LogP contribution < -0.4 is 0 Å². The molecule has 3 aromatic carbocycles. The van der Waals surface area contributed by atoms with Gasteiger partial charge in [-0.05, 0) is 64.3 Å². The van der Waals surface area contributed by atoms with Crippen LogP contribution in [0.1, 0.15) is 31.9 Å². The summed E-state index contributed by atoms with van der Waals surface area (Å²) < 4.78 is 5.88. The van der Waals surface area contributed by atoms with E-state index >= 15 is 0 Å². The van der Waals surface area contributed by atoms with Crippen LogP contribution in [0.15, 0.2) is 120 Å². The average molecular weight is 752 g/mol. The number of hydrogen-bond donors (Lipinski definition) is 0. The molecule has 5 heteroatoms. The molecule has 4 nitrogen and oxygen atoms in total. The zero-order chi connectivity index (χ0) is 29.8. The van der Waals surface area contributed by atoms with Gasteiger partial charge < -0.3 is 19.4 Å². The first-order valence-corrected chi connectivity index (χ1v) is 14.5. The molecular weight excluding hydrogens is 719 g/mol. The third kappa shape index (κ3) is 7.19. The van der Waals surface area contributed by atoms with Gasteiger partial charge in [0.05, 0.1) is 0 Å². The van der Waals surface area contributed by atoms with Crippen molar-refractivity contribution in [2.45, 2.75) is 34.1 Å². The second kappa shape index (κ2) is 13.5. The monoisotopic (exact) mass is 752 g/mol. The molecule has 0 bridgehead atoms. The van der Waals surface area contributed by atoms with Crippen molar-refractivity contribution in [3.63, 3.8) is 0 Å². The third-order valence-electron chi connectivity index (χ3n) is 7.26. The second-order valence-electron chi connectivity index (χ2n) is 11.9. The molecule has 0 aliphatic carbocycles. The van der Waals surface area contributed by atoms with Gasteiger partial charge in [-0.25, -0.2) is 0 Å². The van der Waals surface area contributed by atoms with Gasteiger partial charge in [-0.3, -0.25) is 0 Å². The van der Waals surface area contributed by atoms with E-state index in [0.717, 1.165) is 56.4 Å². The molecule has 7 rings (SSSR count). The molecule has 0 fully saturated rings. The number of benzene rings is 3. The number of fused-ring (bicyclic) bond motifs is 3. The largest absolute Gasteiger partial charge is 0.457 e. The molecule has 221 valence electrons. The van der Waals surface area contributed by atoms with E-state index < -0.39 is 0 Å². The van der Waals surface area contributed by atoms with Gasteiger partial charge in [0.15, 0.2) is 0 Å². The number of nitrogens with zero attached hydrogens (tertiary/aromatic N) is 3. The summed E-state index contributed by atoms with van der Waals surface area (Å²) in [7, 11) is 0. The zero-order valence-electron chi connectivity index (χ0n) is 25.3. The maximum absolute atomic E-state index is 5.88. The van der Waals surface area contributed by atoms with Crippen LogP contribution in [0.4, 0.5) is 0 Å². The Hall–Kier alpha value is -4.44. The molecule has 0 N–H and O–H groups in total. The van der Waals surface area contributed by atoms with Crippen LogP contribution in [0.25, 0.3) is 55.6 Å². The molecule has 0 unspecified atom stereocenters. The molecule has 0 saturated heterocycles. The minimum Gasteiger partial charge on any atom is -0.457 e. The summed E-state index contributed by atoms with van der Waals surface area (Å²) in [5, 5.41) is 2.12. The van der Waals surface area contributed by atoms with Crippen molar-refractivity contribution >= 4 is 21.9 Å². The predicted molar refractivity (Wildman–Crippen MR) is 175 cm³/mol. The second-order valence-corrected chi connectivity index (χ2v) is 11.9. The fourth-order valence-electron chi connectivity index (χ4n) is 5.18. The minimum atomic E-state index is 0. The Morgan fingerprint density at radius 3 is 2.27 bits per heavy atom. The molecule has 0 aliphatic rings. The molecule has 0 saturated carbocycles. The molecule has 7 aromatic rings. The van der Waals surface area contributed by atoms with Gasteiger partial charge in [0.25, 0.3) is 0 Å². The number of furan rings is 1. The van der Waals surface area contributed by atoms with Crippen LogP contribution in [0.3, 0.4) is 0 Å². The van der Waals surface area contributed by atoms with Gasteiger partial charge in [-0.15, -0.1) is 53.1 Å². The first-order chi connectivity index (χ1) is 20.8. The molecule has 0 amide bonds. The van der Waals surface area contributed by atoms with Crippen LogP contribution in [0.5, 0.6) is 0 Å². The van der Waals surface area contributed by atoms with Crippen LogP contribution in [0, 0.1) is 24.6 Å². The summed E-state index contributed by atoms with van der Waals surface area (Å²) in [5.74, 6) is 0. The topological polar surface area (TPSA) is 51.8 Å². The van der Waals surface area contributed by atoms with Crippen LogP contribution in [0.2, 0.25) is 0 Å². The Morgan fingerprint density at radius 2 is 1.52 bits per heavy atom. The predicted octanol–water partition coefficient (Wildman–Crippen LogP) is 9.95. The number of pyridine rings is 3. The van der Waals surface area contributed by atoms with E-state index in [9.17, 15) is 0 Å². The van der Waals surface area contributed by atoms with Crippen molar-refractivity contribution in [2.24, 2.45) is 5.41 Å². The van der Waals surface area contributed by atoms with Gasteiger partial charge in [0.2, 0.25) is 0 Å². The zero-order valence-corrected chi connectivity index (χ0v) is 27.7. The van der Waals surface area contributed by atoms with Gasteiger partial charge in [-0.2, -0.15) is 0 Å². The van der Waals surface area contributed by atoms with E-state index in [1.54, 1.807) is 6.20 Å². The first kappa shape index (κ1) is 31.0. The maximum Gasteiger partial charge on any atom is 0.135 e. The number of hydrogen-bond acceptors (Lipinski definition) is 4. The van der Waals surface area contributed by atoms with Crippen molar-refractivity contribution in [2.75, 3.05) is 0 Å².